The Kier molecular flexibility index (Phi) is 23.2. The van der Waals surface area contributed by atoms with E-state index in [0.29, 0.717) is 22.6 Å². The minimum absolute atomic E-state index is 0.0143. The van der Waals surface area contributed by atoms with E-state index in [9.17, 15) is 48.9 Å². The third kappa shape index (κ3) is 20.5. The fraction of sp³-hybridized carbons (Fsp3) is 0.340. The second kappa shape index (κ2) is 29.7. The number of nitrogens with one attached hydrogen (secondary N) is 5. The Morgan fingerprint density at radius 2 is 0.943 bits per heavy atom. The SMILES string of the molecule is C#CCOc1ccc(OCCOCCOCCNC(=O)[C@H](CC(=O)O)NC(=O)[C@H](CC(=O)O)NC(=O)C(Cc2ccccc2)NC(=O)C(Cc2ccc(O)cc2)NC(=O)[C@@H](N)Cc2ccccc2)cc1. The van der Waals surface area contributed by atoms with E-state index in [1.54, 1.807) is 91.0 Å². The first-order valence-electron chi connectivity index (χ1n) is 22.2. The highest BCUT2D eigenvalue weighted by Crippen LogP contribution is 2.18. The summed E-state index contributed by atoms with van der Waals surface area (Å²) in [5.74, 6) is -4.09. The minimum Gasteiger partial charge on any atom is -0.508 e. The smallest absolute Gasteiger partial charge is 0.305 e. The van der Waals surface area contributed by atoms with Crippen molar-refractivity contribution in [3.05, 3.63) is 126 Å². The van der Waals surface area contributed by atoms with Crippen molar-refractivity contribution in [3.8, 4) is 29.6 Å². The fourth-order valence-corrected chi connectivity index (χ4v) is 6.63. The summed E-state index contributed by atoms with van der Waals surface area (Å²) in [4.78, 5) is 92.2. The maximum absolute atomic E-state index is 14.1. The molecule has 0 radical (unpaired) electrons. The van der Waals surface area contributed by atoms with Crippen LogP contribution in [0.2, 0.25) is 0 Å². The third-order valence-corrected chi connectivity index (χ3v) is 10.1. The van der Waals surface area contributed by atoms with Gasteiger partial charge in [-0.05, 0) is 59.5 Å². The van der Waals surface area contributed by atoms with E-state index in [1.807, 2.05) is 6.07 Å². The van der Waals surface area contributed by atoms with Crippen molar-refractivity contribution < 1.29 is 67.8 Å². The largest absolute Gasteiger partial charge is 0.508 e. The van der Waals surface area contributed by atoms with Gasteiger partial charge in [0.25, 0.3) is 0 Å². The van der Waals surface area contributed by atoms with E-state index in [4.69, 9.17) is 31.1 Å². The van der Waals surface area contributed by atoms with Crippen LogP contribution in [0, 0.1) is 12.3 Å². The first kappa shape index (κ1) is 54.6. The summed E-state index contributed by atoms with van der Waals surface area (Å²) in [6.45, 7) is 0.895. The number of rotatable bonds is 31. The van der Waals surface area contributed by atoms with Gasteiger partial charge in [0.15, 0.2) is 0 Å². The van der Waals surface area contributed by atoms with Crippen LogP contribution in [0.4, 0.5) is 0 Å². The number of aromatic hydroxyl groups is 1. The van der Waals surface area contributed by atoms with E-state index in [0.717, 1.165) is 5.56 Å². The molecule has 5 amide bonds. The van der Waals surface area contributed by atoms with Crippen molar-refractivity contribution in [1.82, 2.24) is 26.6 Å². The van der Waals surface area contributed by atoms with Crippen LogP contribution in [-0.2, 0) is 62.3 Å². The number of carbonyl (C=O) groups is 7. The average Bonchev–Trinajstić information content (AvgIpc) is 3.34. The summed E-state index contributed by atoms with van der Waals surface area (Å²) < 4.78 is 21.9. The molecular weight excluding hydrogens is 909 g/mol. The van der Waals surface area contributed by atoms with Crippen LogP contribution in [0.3, 0.4) is 0 Å². The summed E-state index contributed by atoms with van der Waals surface area (Å²) in [6, 6.07) is 22.7. The zero-order chi connectivity index (χ0) is 50.7. The van der Waals surface area contributed by atoms with Gasteiger partial charge in [0.2, 0.25) is 29.5 Å². The number of hydrogen-bond donors (Lipinski definition) is 9. The van der Waals surface area contributed by atoms with Gasteiger partial charge in [-0.15, -0.1) is 6.42 Å². The highest BCUT2D eigenvalue weighted by Gasteiger charge is 2.34. The van der Waals surface area contributed by atoms with Crippen molar-refractivity contribution in [2.45, 2.75) is 62.3 Å². The zero-order valence-corrected chi connectivity index (χ0v) is 38.3. The Balaban J connectivity index is 1.36. The number of phenolic OH excluding ortho intramolecular Hbond substituents is 1. The van der Waals surface area contributed by atoms with Gasteiger partial charge in [-0.1, -0.05) is 78.7 Å². The van der Waals surface area contributed by atoms with Crippen LogP contribution in [0.25, 0.3) is 0 Å². The maximum atomic E-state index is 14.1. The molecule has 0 aliphatic rings. The Morgan fingerprint density at radius 3 is 1.47 bits per heavy atom. The molecule has 0 aliphatic carbocycles. The van der Waals surface area contributed by atoms with Crippen LogP contribution >= 0.6 is 0 Å². The topological polar surface area (TPSA) is 303 Å². The van der Waals surface area contributed by atoms with E-state index in [1.165, 1.54) is 12.1 Å². The fourth-order valence-electron chi connectivity index (χ4n) is 6.63. The molecule has 20 heteroatoms. The van der Waals surface area contributed by atoms with E-state index in [-0.39, 0.29) is 71.2 Å². The molecule has 0 aromatic heterocycles. The minimum atomic E-state index is -1.86. The quantitative estimate of drug-likeness (QED) is 0.0250. The monoisotopic (exact) mass is 966 g/mol. The number of carboxylic acids is 2. The lowest BCUT2D eigenvalue weighted by molar-refractivity contribution is -0.143. The summed E-state index contributed by atoms with van der Waals surface area (Å²) >= 11 is 0. The van der Waals surface area contributed by atoms with Crippen LogP contribution in [0.1, 0.15) is 29.5 Å². The number of carbonyl (C=O) groups excluding carboxylic acids is 5. The molecule has 372 valence electrons. The highest BCUT2D eigenvalue weighted by molar-refractivity contribution is 5.98. The molecule has 0 saturated carbocycles. The van der Waals surface area contributed by atoms with Gasteiger partial charge in [-0.25, -0.2) is 0 Å². The molecule has 0 heterocycles. The molecule has 4 aromatic carbocycles. The number of amides is 5. The van der Waals surface area contributed by atoms with Crippen molar-refractivity contribution in [2.75, 3.05) is 46.2 Å². The highest BCUT2D eigenvalue weighted by atomic mass is 16.5. The first-order chi connectivity index (χ1) is 33.7. The molecule has 0 bridgehead atoms. The van der Waals surface area contributed by atoms with E-state index >= 15 is 0 Å². The molecule has 4 aromatic rings. The number of phenols is 1. The van der Waals surface area contributed by atoms with E-state index < -0.39 is 84.5 Å². The predicted molar refractivity (Wildman–Crippen MR) is 253 cm³/mol. The Bertz CT molecular complexity index is 2350. The molecule has 0 fully saturated rings. The van der Waals surface area contributed by atoms with Gasteiger partial charge in [-0.3, -0.25) is 33.6 Å². The Hall–Kier alpha value is -7.99. The number of benzene rings is 4. The maximum Gasteiger partial charge on any atom is 0.305 e. The van der Waals surface area contributed by atoms with Crippen LogP contribution in [0.5, 0.6) is 17.2 Å². The number of ether oxygens (including phenoxy) is 4. The van der Waals surface area contributed by atoms with Crippen LogP contribution in [0.15, 0.2) is 109 Å². The van der Waals surface area contributed by atoms with Gasteiger partial charge in [-0.2, -0.15) is 0 Å². The number of nitrogens with two attached hydrogens (primary N) is 1. The summed E-state index contributed by atoms with van der Waals surface area (Å²) in [5.41, 5.74) is 8.10. The molecule has 20 nitrogen and oxygen atoms in total. The lowest BCUT2D eigenvalue weighted by Crippen LogP contribution is -2.60. The normalized spacial score (nSPS) is 12.9. The van der Waals surface area contributed by atoms with Crippen molar-refractivity contribution in [2.24, 2.45) is 5.73 Å². The molecule has 10 N–H and O–H groups in total. The second-order valence-corrected chi connectivity index (χ2v) is 15.6. The van der Waals surface area contributed by atoms with Gasteiger partial charge >= 0.3 is 11.9 Å². The first-order valence-corrected chi connectivity index (χ1v) is 22.2. The standard InChI is InChI=1S/C50H58N6O14/c1-2-22-69-37-17-19-38(20-18-37)70-27-26-68-25-24-67-23-21-52-47(63)42(31-44(58)59)55-50(66)43(32-45(60)61)56-49(65)41(29-34-11-7-4-8-12-34)54-48(64)40(30-35-13-15-36(57)16-14-35)53-46(62)39(51)28-33-9-5-3-6-10-33/h1,3-20,39-43,57H,21-32,51H2,(H,52,63)(H,53,62)(H,54,64)(H,55,66)(H,56,65)(H,58,59)(H,60,61)/t39-,40?,41?,42-,43-/m0/s1. The summed E-state index contributed by atoms with van der Waals surface area (Å²) in [7, 11) is 0. The average molecular weight is 967 g/mol. The molecular formula is C50H58N6O14. The molecule has 5 atom stereocenters. The van der Waals surface area contributed by atoms with E-state index in [2.05, 4.69) is 32.5 Å². The predicted octanol–water partition coefficient (Wildman–Crippen LogP) is 0.876. The van der Waals surface area contributed by atoms with Gasteiger partial charge < -0.3 is 66.6 Å². The van der Waals surface area contributed by atoms with Gasteiger partial charge in [0.05, 0.1) is 45.3 Å². The lowest BCUT2D eigenvalue weighted by atomic mass is 10.0. The number of hydrogen-bond acceptors (Lipinski definition) is 13. The molecule has 2 unspecified atom stereocenters. The number of aliphatic carboxylic acids is 2. The Labute approximate surface area is 404 Å². The van der Waals surface area contributed by atoms with Crippen LogP contribution in [-0.4, -0.2) is 133 Å². The van der Waals surface area contributed by atoms with Crippen molar-refractivity contribution in [3.63, 3.8) is 0 Å². The summed E-state index contributed by atoms with van der Waals surface area (Å²) in [5, 5.41) is 41.5. The van der Waals surface area contributed by atoms with Gasteiger partial charge in [0.1, 0.15) is 54.6 Å². The lowest BCUT2D eigenvalue weighted by Gasteiger charge is -2.26. The molecule has 4 rings (SSSR count). The number of carboxylic acid groups (broad SMARTS) is 2. The summed E-state index contributed by atoms with van der Waals surface area (Å²) in [6.07, 6.45) is 3.16. The molecule has 70 heavy (non-hydrogen) atoms. The van der Waals surface area contributed by atoms with Crippen molar-refractivity contribution >= 4 is 41.5 Å². The van der Waals surface area contributed by atoms with Gasteiger partial charge in [0, 0.05) is 19.4 Å². The van der Waals surface area contributed by atoms with Crippen molar-refractivity contribution in [1.29, 1.82) is 0 Å². The molecule has 0 aliphatic heterocycles. The number of terminal acetylenes is 1. The third-order valence-electron chi connectivity index (χ3n) is 10.1. The zero-order valence-electron chi connectivity index (χ0n) is 38.3. The molecule has 0 spiro atoms. The van der Waals surface area contributed by atoms with Crippen LogP contribution < -0.4 is 41.8 Å². The molecule has 0 saturated heterocycles. The second-order valence-electron chi connectivity index (χ2n) is 15.6. The Morgan fingerprint density at radius 1 is 0.514 bits per heavy atom.